The van der Waals surface area contributed by atoms with Gasteiger partial charge in [0.15, 0.2) is 0 Å². The van der Waals surface area contributed by atoms with Crippen molar-refractivity contribution in [1.82, 2.24) is 0 Å². The molecule has 0 aliphatic heterocycles. The molecule has 0 aromatic rings. The monoisotopic (exact) mass is 173 g/mol. The zero-order chi connectivity index (χ0) is 9.12. The van der Waals surface area contributed by atoms with Crippen LogP contribution in [0.25, 0.3) is 0 Å². The number of halogens is 3. The van der Waals surface area contributed by atoms with E-state index in [2.05, 4.69) is 9.47 Å². The van der Waals surface area contributed by atoms with E-state index in [1.807, 2.05) is 0 Å². The van der Waals surface area contributed by atoms with E-state index < -0.39 is 18.5 Å². The summed E-state index contributed by atoms with van der Waals surface area (Å²) in [6.07, 6.45) is -4.61. The average molecular weight is 173 g/mol. The highest BCUT2D eigenvalue weighted by Gasteiger charge is 2.55. The fraction of sp³-hybridized carbons (Fsp3) is 1.00. The zero-order valence-electron chi connectivity index (χ0n) is 6.23. The van der Waals surface area contributed by atoms with E-state index in [0.29, 0.717) is 0 Å². The van der Waals surface area contributed by atoms with E-state index in [4.69, 9.17) is 5.73 Å². The Balaban J connectivity index is 4.54. The van der Waals surface area contributed by atoms with E-state index >= 15 is 0 Å². The predicted octanol–water partition coefficient (Wildman–Crippen LogP) is 0.496. The Labute approximate surface area is 62.3 Å². The molecule has 0 radical (unpaired) electrons. The van der Waals surface area contributed by atoms with Crippen LogP contribution >= 0.6 is 0 Å². The quantitative estimate of drug-likeness (QED) is 0.632. The minimum atomic E-state index is -4.61. The predicted molar refractivity (Wildman–Crippen MR) is 31.9 cm³/mol. The van der Waals surface area contributed by atoms with E-state index in [1.165, 1.54) is 0 Å². The van der Waals surface area contributed by atoms with Gasteiger partial charge in [-0.3, -0.25) is 0 Å². The Morgan fingerprint density at radius 2 is 1.55 bits per heavy atom. The topological polar surface area (TPSA) is 44.5 Å². The summed E-state index contributed by atoms with van der Waals surface area (Å²) in [5.41, 5.74) is 4.84. The van der Waals surface area contributed by atoms with Crippen LogP contribution in [0.2, 0.25) is 0 Å². The molecule has 0 aliphatic rings. The zero-order valence-corrected chi connectivity index (χ0v) is 6.23. The van der Waals surface area contributed by atoms with Crippen LogP contribution in [0.3, 0.4) is 0 Å². The highest BCUT2D eigenvalue weighted by Crippen LogP contribution is 2.32. The molecule has 6 heteroatoms. The van der Waals surface area contributed by atoms with Crippen LogP contribution in [-0.4, -0.2) is 32.7 Å². The molecule has 0 fully saturated rings. The molecule has 0 aromatic carbocycles. The molecular weight excluding hydrogens is 163 g/mol. The van der Waals surface area contributed by atoms with Crippen molar-refractivity contribution < 1.29 is 22.6 Å². The first-order valence-corrected chi connectivity index (χ1v) is 2.80. The second-order valence-electron chi connectivity index (χ2n) is 1.86. The summed E-state index contributed by atoms with van der Waals surface area (Å²) in [6.45, 7) is -0.760. The number of hydrogen-bond donors (Lipinski definition) is 1. The van der Waals surface area contributed by atoms with Crippen molar-refractivity contribution in [1.29, 1.82) is 0 Å². The van der Waals surface area contributed by atoms with Gasteiger partial charge in [-0.05, 0) is 0 Å². The van der Waals surface area contributed by atoms with Crippen LogP contribution in [0.1, 0.15) is 0 Å². The third kappa shape index (κ3) is 1.82. The summed E-state index contributed by atoms with van der Waals surface area (Å²) in [6, 6.07) is 0. The number of rotatable bonds is 3. The minimum absolute atomic E-state index is 0.760. The molecule has 11 heavy (non-hydrogen) atoms. The van der Waals surface area contributed by atoms with Crippen molar-refractivity contribution in [3.05, 3.63) is 0 Å². The fourth-order valence-corrected chi connectivity index (χ4v) is 0.597. The fourth-order valence-electron chi connectivity index (χ4n) is 0.597. The van der Waals surface area contributed by atoms with Gasteiger partial charge < -0.3 is 15.2 Å². The Bertz CT molecular complexity index is 113. The largest absolute Gasteiger partial charge is 0.444 e. The smallest absolute Gasteiger partial charge is 0.345 e. The standard InChI is InChI=1S/C5H10F3NO2/c1-10-4(3-9,11-2)5(6,7)8/h3,9H2,1-2H3. The first-order chi connectivity index (χ1) is 4.93. The maximum atomic E-state index is 12.0. The van der Waals surface area contributed by atoms with Crippen LogP contribution in [0.15, 0.2) is 0 Å². The van der Waals surface area contributed by atoms with Crippen molar-refractivity contribution in [2.45, 2.75) is 12.0 Å². The molecule has 0 aromatic heterocycles. The van der Waals surface area contributed by atoms with Gasteiger partial charge in [-0.15, -0.1) is 0 Å². The van der Waals surface area contributed by atoms with E-state index in [0.717, 1.165) is 14.2 Å². The first-order valence-electron chi connectivity index (χ1n) is 2.80. The summed E-state index contributed by atoms with van der Waals surface area (Å²) >= 11 is 0. The van der Waals surface area contributed by atoms with Gasteiger partial charge in [-0.2, -0.15) is 13.2 Å². The summed E-state index contributed by atoms with van der Waals surface area (Å²) in [5.74, 6) is -2.66. The third-order valence-electron chi connectivity index (χ3n) is 1.36. The van der Waals surface area contributed by atoms with Gasteiger partial charge in [0, 0.05) is 14.2 Å². The molecule has 3 nitrogen and oxygen atoms in total. The van der Waals surface area contributed by atoms with Crippen molar-refractivity contribution >= 4 is 0 Å². The third-order valence-corrected chi connectivity index (χ3v) is 1.36. The highest BCUT2D eigenvalue weighted by molar-refractivity contribution is 4.78. The molecule has 68 valence electrons. The lowest BCUT2D eigenvalue weighted by atomic mass is 10.3. The molecule has 0 amide bonds. The minimum Gasteiger partial charge on any atom is -0.345 e. The molecule has 0 bridgehead atoms. The molecule has 0 unspecified atom stereocenters. The Hall–Kier alpha value is -0.330. The molecule has 2 N–H and O–H groups in total. The number of hydrogen-bond acceptors (Lipinski definition) is 3. The van der Waals surface area contributed by atoms with Crippen LogP contribution in [-0.2, 0) is 9.47 Å². The van der Waals surface area contributed by atoms with E-state index in [1.54, 1.807) is 0 Å². The molecule has 0 spiro atoms. The number of nitrogens with two attached hydrogens (primary N) is 1. The lowest BCUT2D eigenvalue weighted by Gasteiger charge is -2.30. The maximum absolute atomic E-state index is 12.0. The number of alkyl halides is 3. The molecule has 0 heterocycles. The van der Waals surface area contributed by atoms with Gasteiger partial charge in [0.05, 0.1) is 6.54 Å². The lowest BCUT2D eigenvalue weighted by Crippen LogP contribution is -2.54. The van der Waals surface area contributed by atoms with Crippen molar-refractivity contribution in [3.63, 3.8) is 0 Å². The normalized spacial score (nSPS) is 13.6. The second kappa shape index (κ2) is 3.38. The molecular formula is C5H10F3NO2. The average Bonchev–Trinajstić information content (AvgIpc) is 1.90. The summed E-state index contributed by atoms with van der Waals surface area (Å²) in [4.78, 5) is 0. The van der Waals surface area contributed by atoms with Gasteiger partial charge in [-0.1, -0.05) is 0 Å². The number of methoxy groups -OCH3 is 2. The number of ether oxygens (including phenoxy) is 2. The Morgan fingerprint density at radius 1 is 1.18 bits per heavy atom. The summed E-state index contributed by atoms with van der Waals surface area (Å²) < 4.78 is 44.4. The molecule has 0 aliphatic carbocycles. The second-order valence-corrected chi connectivity index (χ2v) is 1.86. The van der Waals surface area contributed by atoms with Gasteiger partial charge in [-0.25, -0.2) is 0 Å². The van der Waals surface area contributed by atoms with Crippen molar-refractivity contribution in [2.24, 2.45) is 5.73 Å². The van der Waals surface area contributed by atoms with E-state index in [-0.39, 0.29) is 0 Å². The van der Waals surface area contributed by atoms with Gasteiger partial charge in [0.25, 0.3) is 5.79 Å². The first kappa shape index (κ1) is 10.7. The lowest BCUT2D eigenvalue weighted by molar-refractivity contribution is -0.361. The maximum Gasteiger partial charge on any atom is 0.444 e. The molecule has 0 saturated heterocycles. The van der Waals surface area contributed by atoms with Crippen molar-refractivity contribution in [2.75, 3.05) is 20.8 Å². The highest BCUT2D eigenvalue weighted by atomic mass is 19.4. The Kier molecular flexibility index (Phi) is 3.28. The summed E-state index contributed by atoms with van der Waals surface area (Å²) in [7, 11) is 1.79. The van der Waals surface area contributed by atoms with Crippen LogP contribution in [0, 0.1) is 0 Å². The van der Waals surface area contributed by atoms with E-state index in [9.17, 15) is 13.2 Å². The van der Waals surface area contributed by atoms with Crippen LogP contribution < -0.4 is 5.73 Å². The van der Waals surface area contributed by atoms with Crippen LogP contribution in [0.4, 0.5) is 13.2 Å². The molecule has 0 atom stereocenters. The van der Waals surface area contributed by atoms with Crippen molar-refractivity contribution in [3.8, 4) is 0 Å². The molecule has 0 rings (SSSR count). The van der Waals surface area contributed by atoms with Crippen LogP contribution in [0.5, 0.6) is 0 Å². The SMILES string of the molecule is COC(CN)(OC)C(F)(F)F. The van der Waals surface area contributed by atoms with Gasteiger partial charge in [0.1, 0.15) is 0 Å². The van der Waals surface area contributed by atoms with Gasteiger partial charge in [0.2, 0.25) is 0 Å². The summed E-state index contributed by atoms with van der Waals surface area (Å²) in [5, 5.41) is 0. The molecule has 0 saturated carbocycles. The Morgan fingerprint density at radius 3 is 1.55 bits per heavy atom. The van der Waals surface area contributed by atoms with Gasteiger partial charge >= 0.3 is 6.18 Å².